The molecule has 0 aromatic carbocycles. The molecule has 0 N–H and O–H groups in total. The largest absolute Gasteiger partial charge is 0.466 e. The van der Waals surface area contributed by atoms with E-state index >= 15 is 0 Å². The van der Waals surface area contributed by atoms with Gasteiger partial charge in [0.15, 0.2) is 5.82 Å². The summed E-state index contributed by atoms with van der Waals surface area (Å²) < 4.78 is 17.0. The zero-order chi connectivity index (χ0) is 5.98. The summed E-state index contributed by atoms with van der Waals surface area (Å²) in [6, 6.07) is 1.32. The molecule has 0 spiro atoms. The van der Waals surface area contributed by atoms with E-state index in [2.05, 4.69) is 0 Å². The fourth-order valence-corrected chi connectivity index (χ4v) is 0.577. The molecule has 1 aromatic heterocycles. The Bertz CT molecular complexity index is 169. The molecule has 0 saturated heterocycles. The minimum atomic E-state index is -0.243. The summed E-state index contributed by atoms with van der Waals surface area (Å²) in [5.74, 6) is 0.192. The second kappa shape index (κ2) is 1.99. The van der Waals surface area contributed by atoms with Crippen molar-refractivity contribution in [2.24, 2.45) is 0 Å². The molecule has 0 atom stereocenters. The number of halogens is 1. The van der Waals surface area contributed by atoms with Crippen LogP contribution in [0.2, 0.25) is 0 Å². The van der Waals surface area contributed by atoms with E-state index in [1.807, 2.05) is 6.92 Å². The lowest BCUT2D eigenvalue weighted by molar-refractivity contribution is 0.479. The van der Waals surface area contributed by atoms with Gasteiger partial charge >= 0.3 is 0 Å². The van der Waals surface area contributed by atoms with Crippen molar-refractivity contribution in [2.45, 2.75) is 13.3 Å². The van der Waals surface area contributed by atoms with Crippen LogP contribution in [0.15, 0.2) is 16.7 Å². The molecule has 1 nitrogen and oxygen atoms in total. The van der Waals surface area contributed by atoms with E-state index in [1.54, 1.807) is 0 Å². The summed E-state index contributed by atoms with van der Waals surface area (Å²) in [4.78, 5) is 0. The van der Waals surface area contributed by atoms with Crippen molar-refractivity contribution in [3.05, 3.63) is 23.9 Å². The lowest BCUT2D eigenvalue weighted by atomic mass is 10.3. The molecule has 2 heteroatoms. The van der Waals surface area contributed by atoms with Gasteiger partial charge in [-0.05, 0) is 0 Å². The van der Waals surface area contributed by atoms with Gasteiger partial charge in [-0.3, -0.25) is 0 Å². The van der Waals surface area contributed by atoms with Crippen LogP contribution in [0.1, 0.15) is 12.7 Å². The van der Waals surface area contributed by atoms with Crippen LogP contribution in [-0.2, 0) is 6.42 Å². The molecule has 1 heterocycles. The molecular weight excluding hydrogens is 107 g/mol. The lowest BCUT2D eigenvalue weighted by Gasteiger charge is -1.83. The number of rotatable bonds is 1. The van der Waals surface area contributed by atoms with Crippen molar-refractivity contribution in [2.75, 3.05) is 0 Å². The normalized spacial score (nSPS) is 9.75. The highest BCUT2D eigenvalue weighted by atomic mass is 19.1. The number of hydrogen-bond donors (Lipinski definition) is 0. The molecule has 0 saturated carbocycles. The average Bonchev–Trinajstić information content (AvgIpc) is 2.14. The van der Waals surface area contributed by atoms with Crippen molar-refractivity contribution in [1.82, 2.24) is 0 Å². The van der Waals surface area contributed by atoms with Gasteiger partial charge in [-0.1, -0.05) is 6.92 Å². The molecule has 44 valence electrons. The summed E-state index contributed by atoms with van der Waals surface area (Å²) in [5.41, 5.74) is 0. The highest BCUT2D eigenvalue weighted by Crippen LogP contribution is 2.06. The maximum atomic E-state index is 12.3. The first kappa shape index (κ1) is 5.35. The van der Waals surface area contributed by atoms with E-state index in [0.717, 1.165) is 0 Å². The van der Waals surface area contributed by atoms with Crippen LogP contribution in [0, 0.1) is 5.82 Å². The van der Waals surface area contributed by atoms with Gasteiger partial charge in [0, 0.05) is 12.5 Å². The standard InChI is InChI=1S/C6H7FO/c1-2-6-5(7)3-4-8-6/h3-4H,2H2,1H3. The van der Waals surface area contributed by atoms with E-state index in [0.29, 0.717) is 12.2 Å². The first-order valence-corrected chi connectivity index (χ1v) is 2.56. The smallest absolute Gasteiger partial charge is 0.164 e. The van der Waals surface area contributed by atoms with Crippen LogP contribution in [0.3, 0.4) is 0 Å². The van der Waals surface area contributed by atoms with Gasteiger partial charge in [0.25, 0.3) is 0 Å². The highest BCUT2D eigenvalue weighted by molar-refractivity contribution is 5.01. The van der Waals surface area contributed by atoms with Crippen LogP contribution in [0.5, 0.6) is 0 Å². The molecule has 0 aliphatic carbocycles. The molecule has 0 unspecified atom stereocenters. The van der Waals surface area contributed by atoms with Crippen LogP contribution >= 0.6 is 0 Å². The Kier molecular flexibility index (Phi) is 1.33. The van der Waals surface area contributed by atoms with Gasteiger partial charge in [0.1, 0.15) is 5.76 Å². The Labute approximate surface area is 47.1 Å². The Morgan fingerprint density at radius 3 is 2.75 bits per heavy atom. The number of aryl methyl sites for hydroxylation is 1. The van der Waals surface area contributed by atoms with Gasteiger partial charge in [0.05, 0.1) is 6.26 Å². The third-order valence-corrected chi connectivity index (χ3v) is 1.01. The van der Waals surface area contributed by atoms with E-state index in [9.17, 15) is 4.39 Å². The lowest BCUT2D eigenvalue weighted by Crippen LogP contribution is -1.76. The van der Waals surface area contributed by atoms with Gasteiger partial charge in [-0.2, -0.15) is 0 Å². The predicted molar refractivity (Wildman–Crippen MR) is 28.0 cm³/mol. The molecule has 0 aliphatic heterocycles. The van der Waals surface area contributed by atoms with Gasteiger partial charge in [-0.15, -0.1) is 0 Å². The predicted octanol–water partition coefficient (Wildman–Crippen LogP) is 1.98. The molecule has 8 heavy (non-hydrogen) atoms. The second-order valence-corrected chi connectivity index (χ2v) is 1.55. The minimum Gasteiger partial charge on any atom is -0.466 e. The quantitative estimate of drug-likeness (QED) is 0.544. The molecule has 1 rings (SSSR count). The fourth-order valence-electron chi connectivity index (χ4n) is 0.577. The molecule has 0 amide bonds. The molecule has 0 radical (unpaired) electrons. The van der Waals surface area contributed by atoms with Gasteiger partial charge < -0.3 is 4.42 Å². The Morgan fingerprint density at radius 1 is 1.75 bits per heavy atom. The zero-order valence-electron chi connectivity index (χ0n) is 4.65. The molecule has 1 aromatic rings. The Morgan fingerprint density at radius 2 is 2.50 bits per heavy atom. The number of furan rings is 1. The van der Waals surface area contributed by atoms with Gasteiger partial charge in [-0.25, -0.2) is 4.39 Å². The van der Waals surface area contributed by atoms with Crippen LogP contribution < -0.4 is 0 Å². The maximum absolute atomic E-state index is 12.3. The van der Waals surface area contributed by atoms with Gasteiger partial charge in [0.2, 0.25) is 0 Å². The minimum absolute atomic E-state index is 0.243. The Balaban J connectivity index is 2.92. The van der Waals surface area contributed by atoms with E-state index in [4.69, 9.17) is 4.42 Å². The summed E-state index contributed by atoms with van der Waals surface area (Å²) in [7, 11) is 0. The van der Waals surface area contributed by atoms with Crippen LogP contribution in [0.4, 0.5) is 4.39 Å². The van der Waals surface area contributed by atoms with Crippen molar-refractivity contribution in [3.63, 3.8) is 0 Å². The summed E-state index contributed by atoms with van der Waals surface area (Å²) >= 11 is 0. The van der Waals surface area contributed by atoms with Crippen molar-refractivity contribution in [3.8, 4) is 0 Å². The Hall–Kier alpha value is -0.790. The van der Waals surface area contributed by atoms with Crippen molar-refractivity contribution in [1.29, 1.82) is 0 Å². The summed E-state index contributed by atoms with van der Waals surface area (Å²) in [6.45, 7) is 1.85. The third kappa shape index (κ3) is 0.735. The number of hydrogen-bond acceptors (Lipinski definition) is 1. The van der Waals surface area contributed by atoms with E-state index in [1.165, 1.54) is 12.3 Å². The third-order valence-electron chi connectivity index (χ3n) is 1.01. The monoisotopic (exact) mass is 114 g/mol. The first-order chi connectivity index (χ1) is 3.84. The van der Waals surface area contributed by atoms with Crippen molar-refractivity contribution >= 4 is 0 Å². The summed E-state index contributed by atoms with van der Waals surface area (Å²) in [6.07, 6.45) is 1.98. The fraction of sp³-hybridized carbons (Fsp3) is 0.333. The second-order valence-electron chi connectivity index (χ2n) is 1.55. The zero-order valence-corrected chi connectivity index (χ0v) is 4.65. The maximum Gasteiger partial charge on any atom is 0.164 e. The van der Waals surface area contributed by atoms with Crippen molar-refractivity contribution < 1.29 is 8.81 Å². The SMILES string of the molecule is CCc1occc1F. The molecule has 0 aliphatic rings. The van der Waals surface area contributed by atoms with Crippen LogP contribution in [-0.4, -0.2) is 0 Å². The van der Waals surface area contributed by atoms with Crippen LogP contribution in [0.25, 0.3) is 0 Å². The summed E-state index contributed by atoms with van der Waals surface area (Å²) in [5, 5.41) is 0. The average molecular weight is 114 g/mol. The molecule has 0 fully saturated rings. The molecular formula is C6H7FO. The topological polar surface area (TPSA) is 13.1 Å². The first-order valence-electron chi connectivity index (χ1n) is 2.56. The highest BCUT2D eigenvalue weighted by Gasteiger charge is 1.99. The van der Waals surface area contributed by atoms with E-state index in [-0.39, 0.29) is 5.82 Å². The van der Waals surface area contributed by atoms with E-state index < -0.39 is 0 Å². The molecule has 0 bridgehead atoms.